The Balaban J connectivity index is 1.55. The van der Waals surface area contributed by atoms with E-state index in [9.17, 15) is 13.2 Å². The maximum absolute atomic E-state index is 12.7. The first-order chi connectivity index (χ1) is 16.0. The van der Waals surface area contributed by atoms with Crippen LogP contribution in [0.15, 0.2) is 57.9 Å². The highest BCUT2D eigenvalue weighted by atomic mass is 79.9. The number of sulfone groups is 1. The van der Waals surface area contributed by atoms with Gasteiger partial charge in [0.1, 0.15) is 17.3 Å². The summed E-state index contributed by atoms with van der Waals surface area (Å²) in [5, 5.41) is 5.71. The number of thiocarbonyl (C=S) groups is 1. The molecule has 12 heteroatoms. The van der Waals surface area contributed by atoms with E-state index in [1.165, 1.54) is 12.1 Å². The van der Waals surface area contributed by atoms with Crippen molar-refractivity contribution in [3.8, 4) is 5.75 Å². The third kappa shape index (κ3) is 7.45. The smallest absolute Gasteiger partial charge is 0.264 e. The molecule has 1 heterocycles. The molecule has 0 aliphatic rings. The zero-order valence-electron chi connectivity index (χ0n) is 18.1. The van der Waals surface area contributed by atoms with Gasteiger partial charge in [-0.25, -0.2) is 18.4 Å². The van der Waals surface area contributed by atoms with Crippen LogP contribution >= 0.6 is 39.7 Å². The van der Waals surface area contributed by atoms with E-state index in [2.05, 4.69) is 36.5 Å². The monoisotopic (exact) mass is 582 g/mol. The van der Waals surface area contributed by atoms with Crippen LogP contribution < -0.4 is 15.4 Å². The topological polar surface area (TPSA) is 110 Å². The predicted octanol–water partition coefficient (Wildman–Crippen LogP) is 4.38. The summed E-state index contributed by atoms with van der Waals surface area (Å²) in [5.41, 5.74) is 1.92. The second-order valence-corrected chi connectivity index (χ2v) is 10.9. The number of nitrogens with zero attached hydrogens (tertiary/aromatic N) is 2. The van der Waals surface area contributed by atoms with E-state index in [1.54, 1.807) is 50.2 Å². The number of ether oxygens (including phenoxy) is 1. The van der Waals surface area contributed by atoms with Crippen molar-refractivity contribution in [1.29, 1.82) is 0 Å². The first kappa shape index (κ1) is 26.0. The average molecular weight is 584 g/mol. The third-order valence-corrected chi connectivity index (χ3v) is 6.95. The number of hydrogen-bond acceptors (Lipinski definition) is 7. The van der Waals surface area contributed by atoms with Crippen LogP contribution in [0.1, 0.15) is 17.2 Å². The van der Waals surface area contributed by atoms with Gasteiger partial charge in [0.2, 0.25) is 0 Å². The maximum atomic E-state index is 12.7. The Morgan fingerprint density at radius 3 is 2.35 bits per heavy atom. The second kappa shape index (κ2) is 11.2. The fourth-order valence-corrected chi connectivity index (χ4v) is 5.07. The van der Waals surface area contributed by atoms with Crippen LogP contribution in [0.3, 0.4) is 0 Å². The molecule has 0 saturated heterocycles. The van der Waals surface area contributed by atoms with Gasteiger partial charge < -0.3 is 10.1 Å². The lowest BCUT2D eigenvalue weighted by Gasteiger charge is -2.12. The molecule has 178 valence electrons. The van der Waals surface area contributed by atoms with Gasteiger partial charge in [0, 0.05) is 21.5 Å². The largest absolute Gasteiger partial charge is 0.482 e. The van der Waals surface area contributed by atoms with Crippen molar-refractivity contribution in [2.45, 2.75) is 24.5 Å². The summed E-state index contributed by atoms with van der Waals surface area (Å²) in [6.45, 7) is 3.28. The Kier molecular flexibility index (Phi) is 8.58. The number of aromatic nitrogens is 2. The van der Waals surface area contributed by atoms with Crippen LogP contribution in [0, 0.1) is 13.8 Å². The molecule has 3 rings (SSSR count). The number of carbonyl (C=O) groups is 1. The first-order valence-electron chi connectivity index (χ1n) is 9.84. The summed E-state index contributed by atoms with van der Waals surface area (Å²) >= 11 is 14.5. The molecule has 0 aliphatic carbocycles. The number of amides is 1. The van der Waals surface area contributed by atoms with Crippen molar-refractivity contribution >= 4 is 66.3 Å². The number of nitrogens with one attached hydrogen (secondary N) is 2. The molecule has 0 saturated carbocycles. The van der Waals surface area contributed by atoms with E-state index in [-0.39, 0.29) is 28.2 Å². The van der Waals surface area contributed by atoms with Crippen LogP contribution in [0.2, 0.25) is 5.02 Å². The lowest BCUT2D eigenvalue weighted by Crippen LogP contribution is -2.37. The third-order valence-electron chi connectivity index (χ3n) is 4.32. The molecular weight excluding hydrogens is 564 g/mol. The van der Waals surface area contributed by atoms with Crippen LogP contribution in [-0.4, -0.2) is 36.0 Å². The van der Waals surface area contributed by atoms with Crippen molar-refractivity contribution in [3.63, 3.8) is 0 Å². The summed E-state index contributed by atoms with van der Waals surface area (Å²) in [5.74, 6) is -0.180. The van der Waals surface area contributed by atoms with Gasteiger partial charge in [-0.15, -0.1) is 0 Å². The van der Waals surface area contributed by atoms with Gasteiger partial charge in [0.05, 0.1) is 9.92 Å². The SMILES string of the molecule is Cc1cc(C)nc(CS(=O)(=O)c2ccc(NC(=S)NC(=O)COc3ccc(Br)cc3Cl)cc2)n1. The second-order valence-electron chi connectivity index (χ2n) is 7.22. The molecule has 0 atom stereocenters. The summed E-state index contributed by atoms with van der Waals surface area (Å²) in [7, 11) is -3.64. The van der Waals surface area contributed by atoms with Crippen LogP contribution in [-0.2, 0) is 20.4 Å². The van der Waals surface area contributed by atoms with Gasteiger partial charge in [-0.3, -0.25) is 10.1 Å². The van der Waals surface area contributed by atoms with Gasteiger partial charge >= 0.3 is 0 Å². The highest BCUT2D eigenvalue weighted by Gasteiger charge is 2.18. The lowest BCUT2D eigenvalue weighted by atomic mass is 10.3. The number of anilines is 1. The molecule has 1 amide bonds. The number of aryl methyl sites for hydroxylation is 2. The quantitative estimate of drug-likeness (QED) is 0.395. The molecule has 0 fully saturated rings. The molecule has 2 N–H and O–H groups in total. The molecule has 2 aromatic carbocycles. The van der Waals surface area contributed by atoms with E-state index in [1.807, 2.05) is 0 Å². The van der Waals surface area contributed by atoms with Crippen molar-refractivity contribution < 1.29 is 17.9 Å². The molecule has 34 heavy (non-hydrogen) atoms. The first-order valence-corrected chi connectivity index (χ1v) is 13.1. The molecule has 8 nitrogen and oxygen atoms in total. The molecular formula is C22H20BrClN4O4S2. The maximum Gasteiger partial charge on any atom is 0.264 e. The zero-order chi connectivity index (χ0) is 24.9. The summed E-state index contributed by atoms with van der Waals surface area (Å²) in [4.78, 5) is 20.6. The fourth-order valence-electron chi connectivity index (χ4n) is 2.92. The Morgan fingerprint density at radius 2 is 1.74 bits per heavy atom. The van der Waals surface area contributed by atoms with E-state index in [0.29, 0.717) is 27.8 Å². The van der Waals surface area contributed by atoms with Gasteiger partial charge in [-0.05, 0) is 74.6 Å². The van der Waals surface area contributed by atoms with E-state index in [0.717, 1.165) is 4.47 Å². The molecule has 0 unspecified atom stereocenters. The van der Waals surface area contributed by atoms with E-state index >= 15 is 0 Å². The lowest BCUT2D eigenvalue weighted by molar-refractivity contribution is -0.121. The van der Waals surface area contributed by atoms with E-state index in [4.69, 9.17) is 28.6 Å². The van der Waals surface area contributed by atoms with Gasteiger partial charge in [0.15, 0.2) is 21.6 Å². The number of halogens is 2. The van der Waals surface area contributed by atoms with Crippen molar-refractivity contribution in [2.75, 3.05) is 11.9 Å². The molecule has 1 aromatic heterocycles. The number of benzene rings is 2. The van der Waals surface area contributed by atoms with Gasteiger partial charge in [0.25, 0.3) is 5.91 Å². The Morgan fingerprint density at radius 1 is 1.09 bits per heavy atom. The standard InChI is InChI=1S/C22H20BrClN4O4S2/c1-13-9-14(2)26-20(25-13)12-34(30,31)17-6-4-16(5-7-17)27-22(33)28-21(29)11-32-19-8-3-15(23)10-18(19)24/h3-10H,11-12H2,1-2H3,(H2,27,28,29,33). The minimum Gasteiger partial charge on any atom is -0.482 e. The molecule has 0 bridgehead atoms. The van der Waals surface area contributed by atoms with Crippen molar-refractivity contribution in [2.24, 2.45) is 0 Å². The molecule has 0 aliphatic heterocycles. The Labute approximate surface area is 216 Å². The van der Waals surface area contributed by atoms with Crippen LogP contribution in [0.4, 0.5) is 5.69 Å². The highest BCUT2D eigenvalue weighted by molar-refractivity contribution is 9.10. The van der Waals surface area contributed by atoms with Gasteiger partial charge in [-0.1, -0.05) is 27.5 Å². The van der Waals surface area contributed by atoms with Crippen LogP contribution in [0.5, 0.6) is 5.75 Å². The molecule has 0 radical (unpaired) electrons. The molecule has 3 aromatic rings. The summed E-state index contributed by atoms with van der Waals surface area (Å²) < 4.78 is 31.6. The van der Waals surface area contributed by atoms with E-state index < -0.39 is 15.7 Å². The number of hydrogen-bond donors (Lipinski definition) is 2. The average Bonchev–Trinajstić information content (AvgIpc) is 2.72. The van der Waals surface area contributed by atoms with Crippen molar-refractivity contribution in [1.82, 2.24) is 15.3 Å². The minimum atomic E-state index is -3.64. The Hall–Kier alpha value is -2.60. The van der Waals surface area contributed by atoms with Crippen molar-refractivity contribution in [3.05, 3.63) is 75.2 Å². The summed E-state index contributed by atoms with van der Waals surface area (Å²) in [6, 6.07) is 12.8. The molecule has 0 spiro atoms. The van der Waals surface area contributed by atoms with Crippen LogP contribution in [0.25, 0.3) is 0 Å². The normalized spacial score (nSPS) is 11.1. The predicted molar refractivity (Wildman–Crippen MR) is 138 cm³/mol. The van der Waals surface area contributed by atoms with Gasteiger partial charge in [-0.2, -0.15) is 0 Å². The Bertz CT molecular complexity index is 1310. The fraction of sp³-hybridized carbons (Fsp3) is 0.182. The highest BCUT2D eigenvalue weighted by Crippen LogP contribution is 2.27. The summed E-state index contributed by atoms with van der Waals surface area (Å²) in [6.07, 6.45) is 0. The zero-order valence-corrected chi connectivity index (χ0v) is 22.1. The number of carbonyl (C=O) groups excluding carboxylic acids is 1. The minimum absolute atomic E-state index is 0.0368. The number of rotatable bonds is 7.